The van der Waals surface area contributed by atoms with Gasteiger partial charge in [0.1, 0.15) is 10.5 Å². The zero-order valence-corrected chi connectivity index (χ0v) is 15.0. The molecule has 0 amide bonds. The van der Waals surface area contributed by atoms with Crippen LogP contribution in [-0.2, 0) is 17.1 Å². The third-order valence-electron chi connectivity index (χ3n) is 2.80. The summed E-state index contributed by atoms with van der Waals surface area (Å²) in [6, 6.07) is 10.1. The first-order valence-corrected chi connectivity index (χ1v) is 9.83. The molecule has 120 valence electrons. The lowest BCUT2D eigenvalue weighted by atomic mass is 10.3. The molecule has 0 radical (unpaired) electrons. The van der Waals surface area contributed by atoms with Crippen molar-refractivity contribution in [3.63, 3.8) is 0 Å². The molecule has 1 aromatic carbocycles. The normalized spacial score (nSPS) is 11.6. The van der Waals surface area contributed by atoms with Crippen molar-refractivity contribution in [3.05, 3.63) is 47.1 Å². The third-order valence-corrected chi connectivity index (χ3v) is 6.96. The van der Waals surface area contributed by atoms with Crippen LogP contribution >= 0.6 is 34.7 Å². The number of halogens is 1. The van der Waals surface area contributed by atoms with E-state index < -0.39 is 10.0 Å². The molecule has 2 heterocycles. The van der Waals surface area contributed by atoms with Crippen LogP contribution in [0.5, 0.6) is 0 Å². The highest BCUT2D eigenvalue weighted by Gasteiger charge is 2.16. The maximum atomic E-state index is 12.2. The summed E-state index contributed by atoms with van der Waals surface area (Å²) in [6.07, 6.45) is 1.62. The third kappa shape index (κ3) is 3.86. The Bertz CT molecular complexity index is 919. The monoisotopic (exact) mass is 386 g/mol. The lowest BCUT2D eigenvalue weighted by Crippen LogP contribution is -2.11. The predicted molar refractivity (Wildman–Crippen MR) is 91.7 cm³/mol. The van der Waals surface area contributed by atoms with Crippen molar-refractivity contribution in [3.8, 4) is 0 Å². The molecule has 0 aliphatic carbocycles. The number of aryl methyl sites for hydroxylation is 1. The number of thiophene rings is 1. The van der Waals surface area contributed by atoms with E-state index in [-0.39, 0.29) is 4.21 Å². The van der Waals surface area contributed by atoms with Gasteiger partial charge < -0.3 is 4.57 Å². The van der Waals surface area contributed by atoms with Gasteiger partial charge in [-0.1, -0.05) is 11.6 Å². The highest BCUT2D eigenvalue weighted by molar-refractivity contribution is 7.99. The lowest BCUT2D eigenvalue weighted by molar-refractivity contribution is 0.603. The van der Waals surface area contributed by atoms with Crippen LogP contribution in [0.25, 0.3) is 0 Å². The number of hydrogen-bond acceptors (Lipinski definition) is 6. The van der Waals surface area contributed by atoms with Crippen LogP contribution in [0.2, 0.25) is 4.34 Å². The van der Waals surface area contributed by atoms with Crippen molar-refractivity contribution < 1.29 is 8.42 Å². The molecule has 0 bridgehead atoms. The quantitative estimate of drug-likeness (QED) is 0.726. The van der Waals surface area contributed by atoms with Crippen LogP contribution in [0.4, 0.5) is 5.69 Å². The minimum absolute atomic E-state index is 0.181. The summed E-state index contributed by atoms with van der Waals surface area (Å²) in [6.45, 7) is 0. The van der Waals surface area contributed by atoms with E-state index in [1.165, 1.54) is 17.8 Å². The Morgan fingerprint density at radius 1 is 1.22 bits per heavy atom. The molecular formula is C13H11ClN4O2S3. The Morgan fingerprint density at radius 2 is 1.96 bits per heavy atom. The zero-order valence-electron chi connectivity index (χ0n) is 11.8. The average molecular weight is 387 g/mol. The summed E-state index contributed by atoms with van der Waals surface area (Å²) < 4.78 is 29.4. The predicted octanol–water partition coefficient (Wildman–Crippen LogP) is 3.48. The molecule has 0 unspecified atom stereocenters. The van der Waals surface area contributed by atoms with Gasteiger partial charge in [0.05, 0.1) is 4.34 Å². The fourth-order valence-corrected chi connectivity index (χ4v) is 5.01. The van der Waals surface area contributed by atoms with Gasteiger partial charge in [0.2, 0.25) is 0 Å². The topological polar surface area (TPSA) is 76.9 Å². The van der Waals surface area contributed by atoms with Crippen LogP contribution < -0.4 is 4.72 Å². The standard InChI is InChI=1S/C13H11ClN4O2S3/c1-18-8-15-16-13(18)21-10-4-2-9(3-5-10)17-23(19,20)12-7-6-11(14)22-12/h2-8,17H,1H3. The van der Waals surface area contributed by atoms with Gasteiger partial charge in [-0.05, 0) is 48.2 Å². The molecule has 0 atom stereocenters. The molecule has 0 aliphatic rings. The van der Waals surface area contributed by atoms with E-state index >= 15 is 0 Å². The first-order valence-electron chi connectivity index (χ1n) is 6.34. The van der Waals surface area contributed by atoms with E-state index in [1.54, 1.807) is 24.5 Å². The summed E-state index contributed by atoms with van der Waals surface area (Å²) in [5.41, 5.74) is 0.483. The van der Waals surface area contributed by atoms with Crippen molar-refractivity contribution in [2.45, 2.75) is 14.3 Å². The molecule has 10 heteroatoms. The second-order valence-corrected chi connectivity index (χ2v) is 9.18. The Balaban J connectivity index is 1.74. The number of nitrogens with one attached hydrogen (secondary N) is 1. The first-order chi connectivity index (χ1) is 10.9. The zero-order chi connectivity index (χ0) is 16.4. The van der Waals surface area contributed by atoms with Crippen molar-refractivity contribution in [2.24, 2.45) is 7.05 Å². The summed E-state index contributed by atoms with van der Waals surface area (Å²) in [5.74, 6) is 0. The molecule has 0 saturated heterocycles. The molecule has 0 aliphatic heterocycles. The van der Waals surface area contributed by atoms with Crippen LogP contribution in [0.1, 0.15) is 0 Å². The highest BCUT2D eigenvalue weighted by Crippen LogP contribution is 2.29. The molecule has 23 heavy (non-hydrogen) atoms. The molecule has 6 nitrogen and oxygen atoms in total. The van der Waals surface area contributed by atoms with Crippen molar-refractivity contribution >= 4 is 50.4 Å². The number of aromatic nitrogens is 3. The van der Waals surface area contributed by atoms with Crippen LogP contribution in [-0.4, -0.2) is 23.2 Å². The highest BCUT2D eigenvalue weighted by atomic mass is 35.5. The summed E-state index contributed by atoms with van der Waals surface area (Å²) >= 11 is 8.24. The van der Waals surface area contributed by atoms with Gasteiger partial charge in [0.25, 0.3) is 10.0 Å². The van der Waals surface area contributed by atoms with Crippen LogP contribution in [0.15, 0.2) is 57.0 Å². The van der Waals surface area contributed by atoms with E-state index in [0.717, 1.165) is 21.4 Å². The molecule has 3 aromatic rings. The van der Waals surface area contributed by atoms with Gasteiger partial charge in [-0.25, -0.2) is 8.42 Å². The van der Waals surface area contributed by atoms with Gasteiger partial charge in [0, 0.05) is 17.6 Å². The second kappa shape index (κ2) is 6.52. The van der Waals surface area contributed by atoms with E-state index in [0.29, 0.717) is 10.0 Å². The molecule has 0 saturated carbocycles. The summed E-state index contributed by atoms with van der Waals surface area (Å²) in [5, 5.41) is 8.55. The van der Waals surface area contributed by atoms with Crippen LogP contribution in [0.3, 0.4) is 0 Å². The number of hydrogen-bond donors (Lipinski definition) is 1. The summed E-state index contributed by atoms with van der Waals surface area (Å²) in [4.78, 5) is 0.934. The Morgan fingerprint density at radius 3 is 2.52 bits per heavy atom. The number of benzene rings is 1. The van der Waals surface area contributed by atoms with Gasteiger partial charge in [-0.3, -0.25) is 4.72 Å². The Hall–Kier alpha value is -1.55. The molecule has 3 rings (SSSR count). The molecule has 0 spiro atoms. The van der Waals surface area contributed by atoms with Gasteiger partial charge in [-0.2, -0.15) is 0 Å². The molecule has 0 fully saturated rings. The minimum Gasteiger partial charge on any atom is -0.311 e. The van der Waals surface area contributed by atoms with E-state index in [9.17, 15) is 8.42 Å². The molecule has 1 N–H and O–H groups in total. The SMILES string of the molecule is Cn1cnnc1Sc1ccc(NS(=O)(=O)c2ccc(Cl)s2)cc1. The minimum atomic E-state index is -3.61. The summed E-state index contributed by atoms with van der Waals surface area (Å²) in [7, 11) is -1.75. The van der Waals surface area contributed by atoms with E-state index in [2.05, 4.69) is 14.9 Å². The van der Waals surface area contributed by atoms with Gasteiger partial charge >= 0.3 is 0 Å². The average Bonchev–Trinajstić information content (AvgIpc) is 3.11. The van der Waals surface area contributed by atoms with Crippen molar-refractivity contribution in [2.75, 3.05) is 4.72 Å². The maximum Gasteiger partial charge on any atom is 0.271 e. The van der Waals surface area contributed by atoms with Gasteiger partial charge in [0.15, 0.2) is 5.16 Å². The fourth-order valence-electron chi connectivity index (χ4n) is 1.71. The molecular weight excluding hydrogens is 376 g/mol. The number of sulfonamides is 1. The number of nitrogens with zero attached hydrogens (tertiary/aromatic N) is 3. The van der Waals surface area contributed by atoms with Gasteiger partial charge in [-0.15, -0.1) is 21.5 Å². The fraction of sp³-hybridized carbons (Fsp3) is 0.0769. The van der Waals surface area contributed by atoms with E-state index in [1.807, 2.05) is 23.7 Å². The Kier molecular flexibility index (Phi) is 4.62. The maximum absolute atomic E-state index is 12.2. The lowest BCUT2D eigenvalue weighted by Gasteiger charge is -2.07. The number of rotatable bonds is 5. The number of anilines is 1. The second-order valence-electron chi connectivity index (χ2n) is 4.51. The van der Waals surface area contributed by atoms with Crippen molar-refractivity contribution in [1.82, 2.24) is 14.8 Å². The smallest absolute Gasteiger partial charge is 0.271 e. The van der Waals surface area contributed by atoms with Crippen LogP contribution in [0, 0.1) is 0 Å². The Labute approximate surface area is 146 Å². The van der Waals surface area contributed by atoms with E-state index in [4.69, 9.17) is 11.6 Å². The first kappa shape index (κ1) is 16.3. The molecule has 2 aromatic heterocycles. The largest absolute Gasteiger partial charge is 0.311 e. The van der Waals surface area contributed by atoms with Crippen molar-refractivity contribution in [1.29, 1.82) is 0 Å².